The summed E-state index contributed by atoms with van der Waals surface area (Å²) in [5.41, 5.74) is 14.7. The van der Waals surface area contributed by atoms with Crippen LogP contribution in [0.3, 0.4) is 0 Å². The van der Waals surface area contributed by atoms with E-state index in [-0.39, 0.29) is 23.1 Å². The number of nitriles is 1. The van der Waals surface area contributed by atoms with Crippen molar-refractivity contribution in [1.29, 1.82) is 5.26 Å². The van der Waals surface area contributed by atoms with Crippen molar-refractivity contribution in [3.63, 3.8) is 0 Å². The molecule has 9 nitrogen and oxygen atoms in total. The van der Waals surface area contributed by atoms with Crippen molar-refractivity contribution in [1.82, 2.24) is 15.7 Å². The van der Waals surface area contributed by atoms with Crippen LogP contribution in [0.1, 0.15) is 21.5 Å². The summed E-state index contributed by atoms with van der Waals surface area (Å²) in [5.74, 6) is -1.70. The lowest BCUT2D eigenvalue weighted by atomic mass is 10.1. The molecule has 1 aromatic heterocycles. The van der Waals surface area contributed by atoms with Gasteiger partial charge < -0.3 is 11.1 Å². The Kier molecular flexibility index (Phi) is 5.01. The molecule has 0 atom stereocenters. The molecular weight excluding hydrogens is 353 g/mol. The number of alkyl halides is 3. The monoisotopic (exact) mass is 365 g/mol. The van der Waals surface area contributed by atoms with Crippen LogP contribution in [-0.2, 0) is 6.18 Å². The molecule has 26 heavy (non-hydrogen) atoms. The van der Waals surface area contributed by atoms with Crippen molar-refractivity contribution >= 4 is 29.2 Å². The lowest BCUT2D eigenvalue weighted by molar-refractivity contribution is -0.136. The molecule has 1 aromatic carbocycles. The number of amides is 1. The zero-order valence-electron chi connectivity index (χ0n) is 13.2. The van der Waals surface area contributed by atoms with Crippen molar-refractivity contribution in [2.24, 2.45) is 0 Å². The quantitative estimate of drug-likeness (QED) is 0.586. The van der Waals surface area contributed by atoms with Crippen molar-refractivity contribution in [3.05, 3.63) is 34.9 Å². The minimum atomic E-state index is -4.78. The number of nitrogens with zero attached hydrogens (tertiary/aromatic N) is 3. The van der Waals surface area contributed by atoms with Gasteiger partial charge in [0.1, 0.15) is 11.6 Å². The molecule has 2 rings (SSSR count). The molecule has 135 valence electrons. The topological polar surface area (TPSA) is 153 Å². The molecule has 0 spiro atoms. The number of hydrogen-bond acceptors (Lipinski definition) is 8. The van der Waals surface area contributed by atoms with Crippen LogP contribution >= 0.6 is 0 Å². The Balaban J connectivity index is 2.50. The summed E-state index contributed by atoms with van der Waals surface area (Å²) in [7, 11) is 1.47. The SMILES string of the molecule is CNc1nc(N)nc(NNc2c(C([NH])=O)cccc2C(F)(F)F)c1C#N. The van der Waals surface area contributed by atoms with Crippen LogP contribution in [0.2, 0.25) is 0 Å². The highest BCUT2D eigenvalue weighted by atomic mass is 19.4. The molecule has 1 heterocycles. The van der Waals surface area contributed by atoms with Gasteiger partial charge in [0.25, 0.3) is 5.91 Å². The second-order valence-corrected chi connectivity index (χ2v) is 4.82. The normalized spacial score (nSPS) is 10.7. The second-order valence-electron chi connectivity index (χ2n) is 4.82. The fraction of sp³-hybridized carbons (Fsp3) is 0.143. The molecule has 0 bridgehead atoms. The summed E-state index contributed by atoms with van der Waals surface area (Å²) < 4.78 is 39.6. The Morgan fingerprint density at radius 1 is 1.27 bits per heavy atom. The number of rotatable bonds is 5. The van der Waals surface area contributed by atoms with Gasteiger partial charge in [-0.1, -0.05) is 6.07 Å². The largest absolute Gasteiger partial charge is 0.418 e. The smallest absolute Gasteiger partial charge is 0.372 e. The average Bonchev–Trinajstić information content (AvgIpc) is 2.57. The summed E-state index contributed by atoms with van der Waals surface area (Å²) in [4.78, 5) is 18.9. The molecular formula is C14H12F3N8O. The third kappa shape index (κ3) is 3.66. The van der Waals surface area contributed by atoms with E-state index in [0.717, 1.165) is 18.2 Å². The molecule has 0 fully saturated rings. The third-order valence-electron chi connectivity index (χ3n) is 3.20. The molecule has 0 unspecified atom stereocenters. The lowest BCUT2D eigenvalue weighted by Gasteiger charge is -2.18. The Morgan fingerprint density at radius 2 is 1.92 bits per heavy atom. The second kappa shape index (κ2) is 7.01. The Bertz CT molecular complexity index is 891. The van der Waals surface area contributed by atoms with Crippen molar-refractivity contribution in [3.8, 4) is 6.07 Å². The maximum absolute atomic E-state index is 13.2. The molecule has 1 amide bonds. The highest BCUT2D eigenvalue weighted by Gasteiger charge is 2.35. The van der Waals surface area contributed by atoms with Crippen molar-refractivity contribution < 1.29 is 18.0 Å². The number of hydrazine groups is 1. The number of benzene rings is 1. The number of halogens is 3. The molecule has 1 radical (unpaired) electrons. The summed E-state index contributed by atoms with van der Waals surface area (Å²) in [5, 5.41) is 11.8. The minimum Gasteiger partial charge on any atom is -0.372 e. The van der Waals surface area contributed by atoms with Crippen LogP contribution in [0.4, 0.5) is 36.4 Å². The molecule has 0 aliphatic carbocycles. The number of nitrogen functional groups attached to an aromatic ring is 1. The van der Waals surface area contributed by atoms with E-state index in [9.17, 15) is 23.2 Å². The van der Waals surface area contributed by atoms with E-state index in [4.69, 9.17) is 11.5 Å². The summed E-state index contributed by atoms with van der Waals surface area (Å²) in [6.45, 7) is 0. The van der Waals surface area contributed by atoms with E-state index in [1.165, 1.54) is 7.05 Å². The highest BCUT2D eigenvalue weighted by molar-refractivity contribution is 5.99. The fourth-order valence-electron chi connectivity index (χ4n) is 2.09. The number of nitrogens with one attached hydrogen (secondary N) is 4. The van der Waals surface area contributed by atoms with Gasteiger partial charge >= 0.3 is 6.18 Å². The summed E-state index contributed by atoms with van der Waals surface area (Å²) in [6, 6.07) is 4.61. The predicted octanol–water partition coefficient (Wildman–Crippen LogP) is 1.85. The van der Waals surface area contributed by atoms with Crippen molar-refractivity contribution in [2.45, 2.75) is 6.18 Å². The van der Waals surface area contributed by atoms with Crippen LogP contribution in [0.15, 0.2) is 18.2 Å². The number of carbonyl (C=O) groups excluding carboxylic acids is 1. The van der Waals surface area contributed by atoms with E-state index < -0.39 is 28.9 Å². The number of aromatic nitrogens is 2. The molecule has 2 aromatic rings. The lowest BCUT2D eigenvalue weighted by Crippen LogP contribution is -2.20. The average molecular weight is 365 g/mol. The molecule has 0 aliphatic heterocycles. The van der Waals surface area contributed by atoms with E-state index in [0.29, 0.717) is 0 Å². The van der Waals surface area contributed by atoms with Gasteiger partial charge in [0.2, 0.25) is 5.95 Å². The Labute approximate surface area is 145 Å². The maximum Gasteiger partial charge on any atom is 0.418 e. The standard InChI is InChI=1S/C14H12F3N8O/c1-21-11-7(5-18)12(23-13(20)22-11)25-24-9-6(10(19)26)3-2-4-8(9)14(15,16)17/h2-4,19,24H,1H3,(H4,20,21,22,23,25). The summed E-state index contributed by atoms with van der Waals surface area (Å²) in [6.07, 6.45) is -4.78. The zero-order valence-corrected chi connectivity index (χ0v) is 13.2. The number of para-hydroxylation sites is 1. The van der Waals surface area contributed by atoms with Gasteiger partial charge in [-0.2, -0.15) is 28.4 Å². The fourth-order valence-corrected chi connectivity index (χ4v) is 2.09. The van der Waals surface area contributed by atoms with Crippen molar-refractivity contribution in [2.75, 3.05) is 28.9 Å². The third-order valence-corrected chi connectivity index (χ3v) is 3.20. The molecule has 6 N–H and O–H groups in total. The van der Waals surface area contributed by atoms with E-state index >= 15 is 0 Å². The number of nitrogens with two attached hydrogens (primary N) is 1. The van der Waals surface area contributed by atoms with Gasteiger partial charge in [-0.3, -0.25) is 21.4 Å². The molecule has 0 aliphatic rings. The van der Waals surface area contributed by atoms with E-state index in [2.05, 4.69) is 26.1 Å². The molecule has 0 saturated carbocycles. The van der Waals surface area contributed by atoms with Gasteiger partial charge in [-0.25, -0.2) is 0 Å². The Hall–Kier alpha value is -3.75. The van der Waals surface area contributed by atoms with Crippen LogP contribution in [0, 0.1) is 11.3 Å². The van der Waals surface area contributed by atoms with Gasteiger partial charge in [-0.15, -0.1) is 0 Å². The van der Waals surface area contributed by atoms with Crippen LogP contribution in [0.5, 0.6) is 0 Å². The first-order valence-electron chi connectivity index (χ1n) is 6.92. The summed E-state index contributed by atoms with van der Waals surface area (Å²) >= 11 is 0. The Morgan fingerprint density at radius 3 is 2.46 bits per heavy atom. The first-order chi connectivity index (χ1) is 12.2. The van der Waals surface area contributed by atoms with E-state index in [1.807, 2.05) is 0 Å². The highest BCUT2D eigenvalue weighted by Crippen LogP contribution is 2.36. The predicted molar refractivity (Wildman–Crippen MR) is 86.8 cm³/mol. The first kappa shape index (κ1) is 18.6. The number of carbonyl (C=O) groups is 1. The van der Waals surface area contributed by atoms with Crippen LogP contribution in [-0.4, -0.2) is 22.9 Å². The van der Waals surface area contributed by atoms with Gasteiger partial charge in [-0.05, 0) is 12.1 Å². The maximum atomic E-state index is 13.2. The van der Waals surface area contributed by atoms with Gasteiger partial charge in [0.15, 0.2) is 11.6 Å². The van der Waals surface area contributed by atoms with Crippen LogP contribution in [0.25, 0.3) is 0 Å². The van der Waals surface area contributed by atoms with Gasteiger partial charge in [0, 0.05) is 7.05 Å². The van der Waals surface area contributed by atoms with E-state index in [1.54, 1.807) is 6.07 Å². The molecule has 0 saturated heterocycles. The number of anilines is 4. The zero-order chi connectivity index (χ0) is 19.5. The van der Waals surface area contributed by atoms with Gasteiger partial charge in [0.05, 0.1) is 16.8 Å². The first-order valence-corrected chi connectivity index (χ1v) is 6.92. The van der Waals surface area contributed by atoms with Crippen LogP contribution < -0.4 is 27.6 Å². The number of hydrogen-bond donors (Lipinski definition) is 4. The minimum absolute atomic E-state index is 0.0604. The molecule has 12 heteroatoms.